The zero-order valence-electron chi connectivity index (χ0n) is 10.3. The summed E-state index contributed by atoms with van der Waals surface area (Å²) < 4.78 is 0. The number of rotatable bonds is 3. The van der Waals surface area contributed by atoms with Crippen molar-refractivity contribution in [3.05, 3.63) is 29.8 Å². The van der Waals surface area contributed by atoms with E-state index in [0.717, 1.165) is 0 Å². The number of hydrazone groups is 1. The quantitative estimate of drug-likeness (QED) is 0.817. The second kappa shape index (κ2) is 5.31. The number of benzene rings is 1. The molecule has 1 unspecified atom stereocenters. The van der Waals surface area contributed by atoms with Crippen molar-refractivity contribution in [1.82, 2.24) is 5.01 Å². The first-order valence-corrected chi connectivity index (χ1v) is 5.82. The molecule has 0 aromatic heterocycles. The van der Waals surface area contributed by atoms with Crippen LogP contribution in [0.3, 0.4) is 0 Å². The Bertz CT molecular complexity index is 571. The topological polar surface area (TPSA) is 85.6 Å². The van der Waals surface area contributed by atoms with E-state index in [9.17, 15) is 9.59 Å². The van der Waals surface area contributed by atoms with Crippen LogP contribution in [0.4, 0.5) is 5.69 Å². The Morgan fingerprint density at radius 2 is 2.16 bits per heavy atom. The molecule has 1 aliphatic heterocycles. The van der Waals surface area contributed by atoms with Crippen molar-refractivity contribution in [1.29, 1.82) is 5.26 Å². The summed E-state index contributed by atoms with van der Waals surface area (Å²) in [5.41, 5.74) is 1.05. The van der Waals surface area contributed by atoms with Gasteiger partial charge in [-0.15, -0.1) is 0 Å². The Kier molecular flexibility index (Phi) is 3.57. The summed E-state index contributed by atoms with van der Waals surface area (Å²) in [5, 5.41) is 16.4. The molecular weight excluding hydrogens is 244 g/mol. The van der Waals surface area contributed by atoms with Gasteiger partial charge in [0.15, 0.2) is 5.92 Å². The molecule has 0 aliphatic carbocycles. The van der Waals surface area contributed by atoms with Crippen LogP contribution < -0.4 is 5.32 Å². The van der Waals surface area contributed by atoms with Gasteiger partial charge in [0, 0.05) is 18.4 Å². The van der Waals surface area contributed by atoms with Gasteiger partial charge in [0.25, 0.3) is 5.91 Å². The molecule has 6 heteroatoms. The third kappa shape index (κ3) is 2.60. The molecule has 1 aromatic rings. The Morgan fingerprint density at radius 1 is 1.47 bits per heavy atom. The van der Waals surface area contributed by atoms with E-state index in [1.807, 2.05) is 6.07 Å². The van der Waals surface area contributed by atoms with E-state index < -0.39 is 11.8 Å². The second-order valence-corrected chi connectivity index (χ2v) is 3.97. The lowest BCUT2D eigenvalue weighted by Gasteiger charge is -2.11. The molecule has 2 amide bonds. The molecule has 1 aliphatic rings. The molecule has 2 rings (SSSR count). The van der Waals surface area contributed by atoms with Crippen LogP contribution in [0, 0.1) is 17.2 Å². The van der Waals surface area contributed by atoms with Crippen LogP contribution in [0.15, 0.2) is 29.4 Å². The first kappa shape index (κ1) is 12.8. The number of amides is 2. The average Bonchev–Trinajstić information content (AvgIpc) is 2.80. The van der Waals surface area contributed by atoms with Crippen LogP contribution in [0.1, 0.15) is 12.5 Å². The first-order chi connectivity index (χ1) is 9.15. The van der Waals surface area contributed by atoms with Crippen LogP contribution >= 0.6 is 0 Å². The Labute approximate surface area is 110 Å². The van der Waals surface area contributed by atoms with E-state index in [2.05, 4.69) is 10.4 Å². The zero-order valence-corrected chi connectivity index (χ0v) is 10.3. The van der Waals surface area contributed by atoms with Crippen LogP contribution in [0.25, 0.3) is 0 Å². The Balaban J connectivity index is 2.04. The summed E-state index contributed by atoms with van der Waals surface area (Å²) in [6.07, 6.45) is 1.34. The molecule has 96 valence electrons. The van der Waals surface area contributed by atoms with Crippen LogP contribution in [0.2, 0.25) is 0 Å². The molecular formula is C13H12N4O2. The van der Waals surface area contributed by atoms with Gasteiger partial charge in [-0.25, -0.2) is 5.01 Å². The van der Waals surface area contributed by atoms with E-state index in [1.165, 1.54) is 11.2 Å². The van der Waals surface area contributed by atoms with Gasteiger partial charge in [-0.1, -0.05) is 0 Å². The smallest absolute Gasteiger partial charge is 0.260 e. The molecule has 0 spiro atoms. The predicted molar refractivity (Wildman–Crippen MR) is 69.2 cm³/mol. The van der Waals surface area contributed by atoms with Crippen molar-refractivity contribution >= 4 is 23.7 Å². The number of hydrogen-bond acceptors (Lipinski definition) is 4. The summed E-state index contributed by atoms with van der Waals surface area (Å²) >= 11 is 0. The number of nitrogens with zero attached hydrogens (tertiary/aromatic N) is 3. The fourth-order valence-electron chi connectivity index (χ4n) is 1.69. The highest BCUT2D eigenvalue weighted by atomic mass is 16.2. The standard InChI is InChI=1S/C13H12N4O2/c1-2-17-13(19)11(8-15-17)12(18)16-10-5-3-9(7-14)4-6-10/h3-6,8,11H,2H2,1H3,(H,16,18). The Morgan fingerprint density at radius 3 is 2.68 bits per heavy atom. The number of carbonyl (C=O) groups excluding carboxylic acids is 2. The van der Waals surface area contributed by atoms with Crippen molar-refractivity contribution < 1.29 is 9.59 Å². The molecule has 0 saturated carbocycles. The molecule has 1 heterocycles. The second-order valence-electron chi connectivity index (χ2n) is 3.97. The summed E-state index contributed by atoms with van der Waals surface area (Å²) in [6.45, 7) is 2.23. The van der Waals surface area contributed by atoms with Crippen LogP contribution in [-0.2, 0) is 9.59 Å². The Hall–Kier alpha value is -2.68. The maximum absolute atomic E-state index is 11.9. The van der Waals surface area contributed by atoms with Gasteiger partial charge >= 0.3 is 0 Å². The molecule has 1 aromatic carbocycles. The van der Waals surface area contributed by atoms with Gasteiger partial charge < -0.3 is 5.32 Å². The minimum absolute atomic E-state index is 0.325. The molecule has 1 N–H and O–H groups in total. The van der Waals surface area contributed by atoms with Crippen molar-refractivity contribution in [3.8, 4) is 6.07 Å². The lowest BCUT2D eigenvalue weighted by atomic mass is 10.1. The normalized spacial score (nSPS) is 17.4. The molecule has 1 atom stereocenters. The third-order valence-corrected chi connectivity index (χ3v) is 2.74. The van der Waals surface area contributed by atoms with E-state index in [4.69, 9.17) is 5.26 Å². The largest absolute Gasteiger partial charge is 0.325 e. The minimum atomic E-state index is -0.879. The van der Waals surface area contributed by atoms with Crippen molar-refractivity contribution in [2.24, 2.45) is 11.0 Å². The number of nitrogens with one attached hydrogen (secondary N) is 1. The van der Waals surface area contributed by atoms with E-state index in [-0.39, 0.29) is 5.91 Å². The lowest BCUT2D eigenvalue weighted by molar-refractivity contribution is -0.135. The maximum Gasteiger partial charge on any atom is 0.260 e. The molecule has 6 nitrogen and oxygen atoms in total. The van der Waals surface area contributed by atoms with E-state index >= 15 is 0 Å². The van der Waals surface area contributed by atoms with Gasteiger partial charge in [0.1, 0.15) is 0 Å². The number of hydrogen-bond donors (Lipinski definition) is 1. The SMILES string of the molecule is CCN1N=CC(C(=O)Nc2ccc(C#N)cc2)C1=O. The van der Waals surface area contributed by atoms with Gasteiger partial charge in [0.2, 0.25) is 5.91 Å². The average molecular weight is 256 g/mol. The van der Waals surface area contributed by atoms with E-state index in [0.29, 0.717) is 17.8 Å². The predicted octanol–water partition coefficient (Wildman–Crippen LogP) is 0.961. The molecule has 0 radical (unpaired) electrons. The van der Waals surface area contributed by atoms with Crippen LogP contribution in [0.5, 0.6) is 0 Å². The molecule has 0 saturated heterocycles. The van der Waals surface area contributed by atoms with Crippen LogP contribution in [-0.4, -0.2) is 29.6 Å². The first-order valence-electron chi connectivity index (χ1n) is 5.82. The summed E-state index contributed by atoms with van der Waals surface area (Å²) in [5.74, 6) is -1.63. The number of anilines is 1. The van der Waals surface area contributed by atoms with E-state index in [1.54, 1.807) is 31.2 Å². The van der Waals surface area contributed by atoms with Gasteiger partial charge in [-0.05, 0) is 31.2 Å². The molecule has 0 fully saturated rings. The number of nitriles is 1. The number of carbonyl (C=O) groups is 2. The highest BCUT2D eigenvalue weighted by Crippen LogP contribution is 2.14. The zero-order chi connectivity index (χ0) is 13.8. The van der Waals surface area contributed by atoms with Crippen molar-refractivity contribution in [3.63, 3.8) is 0 Å². The summed E-state index contributed by atoms with van der Waals surface area (Å²) in [4.78, 5) is 23.7. The van der Waals surface area contributed by atoms with Crippen molar-refractivity contribution in [2.45, 2.75) is 6.92 Å². The summed E-state index contributed by atoms with van der Waals surface area (Å²) in [6, 6.07) is 8.41. The maximum atomic E-state index is 11.9. The van der Waals surface area contributed by atoms with Gasteiger partial charge in [-0.2, -0.15) is 10.4 Å². The lowest BCUT2D eigenvalue weighted by Crippen LogP contribution is -2.34. The highest BCUT2D eigenvalue weighted by molar-refractivity contribution is 6.18. The molecule has 19 heavy (non-hydrogen) atoms. The third-order valence-electron chi connectivity index (χ3n) is 2.74. The minimum Gasteiger partial charge on any atom is -0.325 e. The van der Waals surface area contributed by atoms with Crippen molar-refractivity contribution in [2.75, 3.05) is 11.9 Å². The highest BCUT2D eigenvalue weighted by Gasteiger charge is 2.33. The van der Waals surface area contributed by atoms with Gasteiger partial charge in [0.05, 0.1) is 11.6 Å². The summed E-state index contributed by atoms with van der Waals surface area (Å²) in [7, 11) is 0. The monoisotopic (exact) mass is 256 g/mol. The fourth-order valence-corrected chi connectivity index (χ4v) is 1.69. The van der Waals surface area contributed by atoms with Gasteiger partial charge in [-0.3, -0.25) is 9.59 Å². The molecule has 0 bridgehead atoms. The fraction of sp³-hybridized carbons (Fsp3) is 0.231.